The second-order valence-electron chi connectivity index (χ2n) is 5.41. The molecule has 1 N–H and O–H groups in total. The number of amides is 1. The van der Waals surface area contributed by atoms with Crippen molar-refractivity contribution < 1.29 is 4.79 Å². The molecule has 1 heterocycles. The van der Waals surface area contributed by atoms with E-state index in [1.54, 1.807) is 18.5 Å². The van der Waals surface area contributed by atoms with Gasteiger partial charge in [0.15, 0.2) is 0 Å². The summed E-state index contributed by atoms with van der Waals surface area (Å²) >= 11 is 0. The molecule has 1 amide bonds. The third kappa shape index (κ3) is 3.37. The van der Waals surface area contributed by atoms with Gasteiger partial charge in [0.2, 0.25) is 0 Å². The number of anilines is 1. The van der Waals surface area contributed by atoms with E-state index in [1.807, 2.05) is 18.2 Å². The number of carbonyl (C=O) groups excluding carboxylic acids is 1. The van der Waals surface area contributed by atoms with E-state index in [-0.39, 0.29) is 11.3 Å². The Morgan fingerprint density at radius 1 is 1.16 bits per heavy atom. The average Bonchev–Trinajstić information content (AvgIpc) is 2.39. The molecule has 1 aromatic carbocycles. The first-order chi connectivity index (χ1) is 8.97. The molecule has 0 fully saturated rings. The first-order valence-corrected chi connectivity index (χ1v) is 6.14. The van der Waals surface area contributed by atoms with Crippen LogP contribution in [0.1, 0.15) is 36.7 Å². The lowest BCUT2D eigenvalue weighted by molar-refractivity contribution is 0.102. The number of benzene rings is 1. The van der Waals surface area contributed by atoms with Crippen LogP contribution in [0.3, 0.4) is 0 Å². The van der Waals surface area contributed by atoms with Crippen molar-refractivity contribution in [2.45, 2.75) is 26.2 Å². The molecule has 0 aliphatic heterocycles. The van der Waals surface area contributed by atoms with Gasteiger partial charge in [-0.25, -0.2) is 9.97 Å². The van der Waals surface area contributed by atoms with Crippen molar-refractivity contribution >= 4 is 11.6 Å². The molecule has 19 heavy (non-hydrogen) atoms. The van der Waals surface area contributed by atoms with Crippen LogP contribution in [0, 0.1) is 0 Å². The van der Waals surface area contributed by atoms with Crippen LogP contribution in [-0.2, 0) is 5.41 Å². The van der Waals surface area contributed by atoms with Crippen LogP contribution in [0.25, 0.3) is 0 Å². The normalized spacial score (nSPS) is 11.1. The number of aromatic nitrogens is 2. The number of carbonyl (C=O) groups is 1. The Morgan fingerprint density at radius 2 is 1.84 bits per heavy atom. The van der Waals surface area contributed by atoms with Gasteiger partial charge in [0.05, 0.1) is 18.1 Å². The summed E-state index contributed by atoms with van der Waals surface area (Å²) in [6.45, 7) is 6.36. The molecule has 0 unspecified atom stereocenters. The summed E-state index contributed by atoms with van der Waals surface area (Å²) in [4.78, 5) is 19.9. The highest BCUT2D eigenvalue weighted by atomic mass is 16.1. The van der Waals surface area contributed by atoms with E-state index in [0.29, 0.717) is 11.3 Å². The van der Waals surface area contributed by atoms with Crippen molar-refractivity contribution in [1.29, 1.82) is 0 Å². The fourth-order valence-corrected chi connectivity index (χ4v) is 1.69. The van der Waals surface area contributed by atoms with Gasteiger partial charge >= 0.3 is 0 Å². The minimum Gasteiger partial charge on any atom is -0.319 e. The lowest BCUT2D eigenvalue weighted by Gasteiger charge is -2.19. The molecular weight excluding hydrogens is 238 g/mol. The van der Waals surface area contributed by atoms with Crippen molar-refractivity contribution in [2.24, 2.45) is 0 Å². The Morgan fingerprint density at radius 3 is 2.47 bits per heavy atom. The molecule has 0 bridgehead atoms. The second-order valence-corrected chi connectivity index (χ2v) is 5.41. The van der Waals surface area contributed by atoms with Crippen molar-refractivity contribution in [3.63, 3.8) is 0 Å². The van der Waals surface area contributed by atoms with Gasteiger partial charge in [-0.1, -0.05) is 32.9 Å². The summed E-state index contributed by atoms with van der Waals surface area (Å²) in [7, 11) is 0. The smallest absolute Gasteiger partial charge is 0.255 e. The molecular formula is C15H17N3O. The molecule has 0 radical (unpaired) electrons. The standard InChI is InChI=1S/C15H17N3O/c1-15(2,3)12-6-4-5-11(7-12)14(19)18-13-8-16-10-17-9-13/h4-10H,1-3H3,(H,18,19). The maximum Gasteiger partial charge on any atom is 0.255 e. The highest BCUT2D eigenvalue weighted by molar-refractivity contribution is 6.04. The summed E-state index contributed by atoms with van der Waals surface area (Å²) in [6.07, 6.45) is 4.56. The third-order valence-corrected chi connectivity index (χ3v) is 2.81. The summed E-state index contributed by atoms with van der Waals surface area (Å²) in [6, 6.07) is 7.65. The molecule has 4 heteroatoms. The molecule has 2 rings (SSSR count). The molecule has 0 atom stereocenters. The van der Waals surface area contributed by atoms with Crippen LogP contribution in [0.5, 0.6) is 0 Å². The largest absolute Gasteiger partial charge is 0.319 e. The SMILES string of the molecule is CC(C)(C)c1cccc(C(=O)Nc2cncnc2)c1. The maximum atomic E-state index is 12.1. The number of hydrogen-bond donors (Lipinski definition) is 1. The topological polar surface area (TPSA) is 54.9 Å². The molecule has 0 saturated heterocycles. The zero-order valence-corrected chi connectivity index (χ0v) is 11.3. The summed E-state index contributed by atoms with van der Waals surface area (Å²) in [5, 5.41) is 2.77. The van der Waals surface area contributed by atoms with Gasteiger partial charge in [-0.3, -0.25) is 4.79 Å². The molecule has 0 aliphatic carbocycles. The zero-order chi connectivity index (χ0) is 13.9. The van der Waals surface area contributed by atoms with Crippen molar-refractivity contribution in [2.75, 3.05) is 5.32 Å². The molecule has 98 valence electrons. The van der Waals surface area contributed by atoms with Crippen LogP contribution in [0.15, 0.2) is 43.0 Å². The highest BCUT2D eigenvalue weighted by Gasteiger charge is 2.15. The quantitative estimate of drug-likeness (QED) is 0.897. The van der Waals surface area contributed by atoms with Gasteiger partial charge in [-0.2, -0.15) is 0 Å². The van der Waals surface area contributed by atoms with Crippen LogP contribution >= 0.6 is 0 Å². The lowest BCUT2D eigenvalue weighted by atomic mass is 9.86. The Kier molecular flexibility index (Phi) is 3.60. The van der Waals surface area contributed by atoms with E-state index in [2.05, 4.69) is 36.1 Å². The fraction of sp³-hybridized carbons (Fsp3) is 0.267. The maximum absolute atomic E-state index is 12.1. The Balaban J connectivity index is 2.20. The summed E-state index contributed by atoms with van der Waals surface area (Å²) < 4.78 is 0. The predicted octanol–water partition coefficient (Wildman–Crippen LogP) is 3.03. The molecule has 0 aliphatic rings. The molecule has 0 spiro atoms. The monoisotopic (exact) mass is 255 g/mol. The lowest BCUT2D eigenvalue weighted by Crippen LogP contribution is -2.15. The third-order valence-electron chi connectivity index (χ3n) is 2.81. The number of rotatable bonds is 2. The molecule has 4 nitrogen and oxygen atoms in total. The van der Waals surface area contributed by atoms with Crippen LogP contribution in [0.2, 0.25) is 0 Å². The van der Waals surface area contributed by atoms with Gasteiger partial charge in [0, 0.05) is 5.56 Å². The highest BCUT2D eigenvalue weighted by Crippen LogP contribution is 2.23. The average molecular weight is 255 g/mol. The summed E-state index contributed by atoms with van der Waals surface area (Å²) in [5.41, 5.74) is 2.38. The van der Waals surface area contributed by atoms with Crippen LogP contribution < -0.4 is 5.32 Å². The van der Waals surface area contributed by atoms with Gasteiger partial charge in [-0.05, 0) is 23.1 Å². The first-order valence-electron chi connectivity index (χ1n) is 6.14. The van der Waals surface area contributed by atoms with Crippen molar-refractivity contribution in [3.05, 3.63) is 54.1 Å². The Labute approximate surface area is 112 Å². The minimum atomic E-state index is -0.152. The fourth-order valence-electron chi connectivity index (χ4n) is 1.69. The minimum absolute atomic E-state index is 0.0200. The first kappa shape index (κ1) is 13.2. The predicted molar refractivity (Wildman–Crippen MR) is 75.1 cm³/mol. The van der Waals surface area contributed by atoms with Gasteiger partial charge in [0.25, 0.3) is 5.91 Å². The van der Waals surface area contributed by atoms with Gasteiger partial charge < -0.3 is 5.32 Å². The number of hydrogen-bond acceptors (Lipinski definition) is 3. The van der Waals surface area contributed by atoms with E-state index >= 15 is 0 Å². The summed E-state index contributed by atoms with van der Waals surface area (Å²) in [5.74, 6) is -0.152. The second kappa shape index (κ2) is 5.18. The van der Waals surface area contributed by atoms with Crippen molar-refractivity contribution in [3.8, 4) is 0 Å². The molecule has 1 aromatic heterocycles. The van der Waals surface area contributed by atoms with E-state index in [1.165, 1.54) is 6.33 Å². The van der Waals surface area contributed by atoms with Gasteiger partial charge in [-0.15, -0.1) is 0 Å². The van der Waals surface area contributed by atoms with Crippen molar-refractivity contribution in [1.82, 2.24) is 9.97 Å². The van der Waals surface area contributed by atoms with Crippen LogP contribution in [0.4, 0.5) is 5.69 Å². The Hall–Kier alpha value is -2.23. The van der Waals surface area contributed by atoms with E-state index in [0.717, 1.165) is 5.56 Å². The van der Waals surface area contributed by atoms with Gasteiger partial charge in [0.1, 0.15) is 6.33 Å². The van der Waals surface area contributed by atoms with E-state index in [4.69, 9.17) is 0 Å². The molecule has 0 saturated carbocycles. The van der Waals surface area contributed by atoms with E-state index < -0.39 is 0 Å². The van der Waals surface area contributed by atoms with Crippen LogP contribution in [-0.4, -0.2) is 15.9 Å². The zero-order valence-electron chi connectivity index (χ0n) is 11.3. The van der Waals surface area contributed by atoms with E-state index in [9.17, 15) is 4.79 Å². The number of nitrogens with one attached hydrogen (secondary N) is 1. The number of nitrogens with zero attached hydrogens (tertiary/aromatic N) is 2. The molecule has 2 aromatic rings. The Bertz CT molecular complexity index is 573.